The molecule has 4 heterocycles. The number of amides is 3. The molecule has 2 aromatic rings. The second kappa shape index (κ2) is 14.4. The minimum atomic E-state index is -5.13. The molecule has 0 spiro atoms. The van der Waals surface area contributed by atoms with Crippen LogP contribution in [0.2, 0.25) is 0 Å². The van der Waals surface area contributed by atoms with Crippen LogP contribution in [0, 0.1) is 0 Å². The number of carbonyl (C=O) groups is 3. The molecule has 16 heteroatoms. The van der Waals surface area contributed by atoms with Gasteiger partial charge in [0.15, 0.2) is 5.66 Å². The van der Waals surface area contributed by atoms with Crippen LogP contribution in [0.25, 0.3) is 0 Å². The number of nitrogens with one attached hydrogen (secondary N) is 1. The normalized spacial score (nSPS) is 27.4. The van der Waals surface area contributed by atoms with Gasteiger partial charge in [0.05, 0.1) is 37.3 Å². The van der Waals surface area contributed by atoms with E-state index in [-0.39, 0.29) is 37.9 Å². The third kappa shape index (κ3) is 7.32. The predicted octanol–water partition coefficient (Wildman–Crippen LogP) is 6.05. The van der Waals surface area contributed by atoms with E-state index >= 15 is 0 Å². The number of likely N-dealkylation sites (tertiary alicyclic amines) is 2. The Balaban J connectivity index is 1.41. The van der Waals surface area contributed by atoms with Gasteiger partial charge in [-0.15, -0.1) is 0 Å². The highest BCUT2D eigenvalue weighted by Crippen LogP contribution is 2.47. The molecule has 2 unspecified atom stereocenters. The van der Waals surface area contributed by atoms with E-state index in [1.54, 1.807) is 17.0 Å². The van der Waals surface area contributed by atoms with Crippen molar-refractivity contribution in [1.29, 1.82) is 0 Å². The molecule has 4 aliphatic rings. The molecule has 2 aromatic carbocycles. The molecular formula is C35H42F6N5O5+. The molecule has 6 rings (SSSR count). The molecule has 0 aliphatic carbocycles. The maximum absolute atomic E-state index is 13.9. The number of anilines is 1. The number of aldehydes is 1. The summed E-state index contributed by atoms with van der Waals surface area (Å²) in [6, 6.07) is 7.65. The van der Waals surface area contributed by atoms with Gasteiger partial charge in [-0.1, -0.05) is 18.2 Å². The summed E-state index contributed by atoms with van der Waals surface area (Å²) in [5.74, 6) is 0. The summed E-state index contributed by atoms with van der Waals surface area (Å²) in [7, 11) is 0. The largest absolute Gasteiger partial charge is 0.515 e. The zero-order valence-corrected chi connectivity index (χ0v) is 28.0. The third-order valence-corrected chi connectivity index (χ3v) is 11.3. The van der Waals surface area contributed by atoms with E-state index in [9.17, 15) is 45.8 Å². The SMILES string of the molecule is O=CCC1(N2CCC(N3CCOCC3)CC2)CC(N2CCc3ccccc3NC2=O)CC[N@+]1(Cc1cc(C(F)(F)F)cc(C(F)(F)F)c1)C(=O)O. The molecule has 51 heavy (non-hydrogen) atoms. The highest BCUT2D eigenvalue weighted by molar-refractivity contribution is 5.91. The standard InChI is InChI=1S/C35H41F6N5O5/c36-34(37,38)26-19-24(20-27(21-26)35(39,40)41)23-46(32(49)50)15-8-29(45-12-5-25-3-1-2-4-30(25)42-31(45)48)22-33(46,9-16-47)44-10-6-28(7-11-44)43-13-17-51-18-14-43/h1-4,16,19-21,28-29H,5-15,17-18,22-23H2,(H-,42,48,49,50)/p+1/t29?,33?,46-/m0/s1. The second-order valence-electron chi connectivity index (χ2n) is 13.9. The van der Waals surface area contributed by atoms with Crippen LogP contribution in [-0.2, 0) is 34.8 Å². The van der Waals surface area contributed by atoms with Crippen molar-refractivity contribution in [3.8, 4) is 0 Å². The molecule has 3 saturated heterocycles. The van der Waals surface area contributed by atoms with E-state index in [4.69, 9.17) is 4.74 Å². The Morgan fingerprint density at radius 3 is 2.20 bits per heavy atom. The fraction of sp³-hybridized carbons (Fsp3) is 0.571. The molecule has 10 nitrogen and oxygen atoms in total. The minimum Gasteiger partial charge on any atom is -0.435 e. The quantitative estimate of drug-likeness (QED) is 0.204. The molecule has 2 N–H and O–H groups in total. The van der Waals surface area contributed by atoms with Gasteiger partial charge >= 0.3 is 24.5 Å². The van der Waals surface area contributed by atoms with Crippen molar-refractivity contribution in [3.05, 3.63) is 64.7 Å². The van der Waals surface area contributed by atoms with E-state index in [2.05, 4.69) is 10.2 Å². The number of carboxylic acid groups (broad SMARTS) is 1. The van der Waals surface area contributed by atoms with Crippen LogP contribution >= 0.6 is 0 Å². The van der Waals surface area contributed by atoms with E-state index in [0.29, 0.717) is 76.2 Å². The number of hydrogen-bond acceptors (Lipinski definition) is 6. The smallest absolute Gasteiger partial charge is 0.435 e. The zero-order valence-electron chi connectivity index (χ0n) is 28.0. The number of urea groups is 1. The number of para-hydroxylation sites is 1. The first-order valence-corrected chi connectivity index (χ1v) is 17.2. The summed E-state index contributed by atoms with van der Waals surface area (Å²) in [4.78, 5) is 45.9. The summed E-state index contributed by atoms with van der Waals surface area (Å²) in [6.07, 6.45) is -9.74. The average molecular weight is 727 g/mol. The molecule has 0 radical (unpaired) electrons. The highest BCUT2D eigenvalue weighted by Gasteiger charge is 2.64. The van der Waals surface area contributed by atoms with Crippen molar-refractivity contribution in [3.63, 3.8) is 0 Å². The number of rotatable bonds is 7. The first-order valence-electron chi connectivity index (χ1n) is 17.2. The lowest BCUT2D eigenvalue weighted by molar-refractivity contribution is -0.942. The molecule has 3 fully saturated rings. The number of alkyl halides is 6. The van der Waals surface area contributed by atoms with Gasteiger partial charge < -0.3 is 24.9 Å². The Morgan fingerprint density at radius 1 is 0.941 bits per heavy atom. The van der Waals surface area contributed by atoms with Crippen LogP contribution in [0.15, 0.2) is 42.5 Å². The van der Waals surface area contributed by atoms with Gasteiger partial charge in [-0.3, -0.25) is 9.80 Å². The Labute approximate surface area is 291 Å². The van der Waals surface area contributed by atoms with Crippen molar-refractivity contribution < 1.29 is 55.1 Å². The van der Waals surface area contributed by atoms with Crippen molar-refractivity contribution >= 4 is 24.1 Å². The van der Waals surface area contributed by atoms with Crippen molar-refractivity contribution in [2.75, 3.05) is 57.8 Å². The molecule has 3 amide bonds. The van der Waals surface area contributed by atoms with E-state index in [1.165, 1.54) is 0 Å². The van der Waals surface area contributed by atoms with Gasteiger partial charge in [-0.2, -0.15) is 31.1 Å². The van der Waals surface area contributed by atoms with E-state index < -0.39 is 63.9 Å². The number of fused-ring (bicyclic) bond motifs is 1. The lowest BCUT2D eigenvalue weighted by atomic mass is 9.81. The number of benzene rings is 2. The van der Waals surface area contributed by atoms with Gasteiger partial charge in [0.1, 0.15) is 12.8 Å². The van der Waals surface area contributed by atoms with Crippen molar-refractivity contribution in [2.24, 2.45) is 0 Å². The molecule has 0 bridgehead atoms. The number of carbonyl (C=O) groups excluding carboxylic acids is 2. The summed E-state index contributed by atoms with van der Waals surface area (Å²) in [5, 5.41) is 14.1. The van der Waals surface area contributed by atoms with Crippen LogP contribution in [0.1, 0.15) is 54.4 Å². The third-order valence-electron chi connectivity index (χ3n) is 11.3. The summed E-state index contributed by atoms with van der Waals surface area (Å²) in [6.45, 7) is 2.60. The predicted molar refractivity (Wildman–Crippen MR) is 173 cm³/mol. The topological polar surface area (TPSA) is 102 Å². The maximum Gasteiger partial charge on any atom is 0.515 e. The summed E-state index contributed by atoms with van der Waals surface area (Å²) < 4.78 is 88.2. The Bertz CT molecular complexity index is 1580. The highest BCUT2D eigenvalue weighted by atomic mass is 19.4. The fourth-order valence-corrected chi connectivity index (χ4v) is 8.74. The van der Waals surface area contributed by atoms with Crippen LogP contribution in [-0.4, -0.2) is 113 Å². The van der Waals surface area contributed by atoms with Crippen molar-refractivity contribution in [2.45, 2.75) is 75.2 Å². The first-order chi connectivity index (χ1) is 24.2. The van der Waals surface area contributed by atoms with Gasteiger partial charge in [0.2, 0.25) is 0 Å². The lowest BCUT2D eigenvalue weighted by Gasteiger charge is -2.59. The second-order valence-corrected chi connectivity index (χ2v) is 13.9. The average Bonchev–Trinajstić information content (AvgIpc) is 3.26. The van der Waals surface area contributed by atoms with E-state index in [0.717, 1.165) is 18.7 Å². The molecule has 4 aliphatic heterocycles. The number of hydrogen-bond donors (Lipinski definition) is 2. The first kappa shape index (κ1) is 37.0. The van der Waals surface area contributed by atoms with Crippen LogP contribution in [0.4, 0.5) is 41.6 Å². The van der Waals surface area contributed by atoms with Gasteiger partial charge in [0, 0.05) is 68.9 Å². The Hall–Kier alpha value is -3.73. The molecule has 278 valence electrons. The number of nitrogens with zero attached hydrogens (tertiary/aromatic N) is 4. The number of piperidine rings is 2. The van der Waals surface area contributed by atoms with Gasteiger partial charge in [0.25, 0.3) is 0 Å². The Kier molecular flexibility index (Phi) is 10.4. The minimum absolute atomic E-state index is 0.0197. The summed E-state index contributed by atoms with van der Waals surface area (Å²) in [5.41, 5.74) is -3.59. The molecule has 0 aromatic heterocycles. The van der Waals surface area contributed by atoms with Crippen LogP contribution < -0.4 is 5.32 Å². The molecule has 0 saturated carbocycles. The van der Waals surface area contributed by atoms with Gasteiger partial charge in [-0.25, -0.2) is 9.28 Å². The van der Waals surface area contributed by atoms with Crippen LogP contribution in [0.3, 0.4) is 0 Å². The number of quaternary nitrogens is 1. The van der Waals surface area contributed by atoms with Crippen LogP contribution in [0.5, 0.6) is 0 Å². The fourth-order valence-electron chi connectivity index (χ4n) is 8.74. The summed E-state index contributed by atoms with van der Waals surface area (Å²) >= 11 is 0. The van der Waals surface area contributed by atoms with Crippen molar-refractivity contribution in [1.82, 2.24) is 14.7 Å². The lowest BCUT2D eigenvalue weighted by Crippen LogP contribution is -2.78. The number of ether oxygens (including phenoxy) is 1. The van der Waals surface area contributed by atoms with E-state index in [1.807, 2.05) is 17.0 Å². The monoisotopic (exact) mass is 726 g/mol. The number of halogens is 6. The zero-order chi connectivity index (χ0) is 36.6. The molecular weight excluding hydrogens is 684 g/mol. The Morgan fingerprint density at radius 2 is 1.59 bits per heavy atom. The van der Waals surface area contributed by atoms with Gasteiger partial charge in [-0.05, 0) is 49.1 Å². The maximum atomic E-state index is 13.9. The number of morpholine rings is 1. The molecule has 3 atom stereocenters.